The van der Waals surface area contributed by atoms with E-state index in [0.29, 0.717) is 0 Å². The fourth-order valence-corrected chi connectivity index (χ4v) is 8.83. The largest absolute Gasteiger partial charge is 0.456 e. The van der Waals surface area contributed by atoms with Crippen molar-refractivity contribution in [3.8, 4) is 33.4 Å². The van der Waals surface area contributed by atoms with Gasteiger partial charge in [0.05, 0.1) is 5.41 Å². The second-order valence-electron chi connectivity index (χ2n) is 12.8. The minimum absolute atomic E-state index is 0.422. The average molecular weight is 583 g/mol. The first-order valence-corrected chi connectivity index (χ1v) is 16.0. The van der Waals surface area contributed by atoms with Gasteiger partial charge in [-0.25, -0.2) is 0 Å². The smallest absolute Gasteiger partial charge is 0.136 e. The summed E-state index contributed by atoms with van der Waals surface area (Å²) < 4.78 is 6.36. The molecule has 1 spiro atoms. The lowest BCUT2D eigenvalue weighted by Crippen LogP contribution is -2.31. The molecule has 2 aliphatic rings. The Morgan fingerprint density at radius 2 is 0.957 bits per heavy atom. The highest BCUT2D eigenvalue weighted by Gasteiger charge is 2.50. The van der Waals surface area contributed by atoms with Crippen LogP contribution >= 0.6 is 0 Å². The van der Waals surface area contributed by atoms with Crippen LogP contribution in [0.5, 0.6) is 0 Å². The molecule has 1 heteroatoms. The molecule has 0 saturated carbocycles. The Morgan fingerprint density at radius 1 is 0.348 bits per heavy atom. The molecule has 8 aromatic carbocycles. The second kappa shape index (κ2) is 8.62. The molecule has 212 valence electrons. The number of furan rings is 1. The van der Waals surface area contributed by atoms with Crippen LogP contribution in [0.25, 0.3) is 76.9 Å². The van der Waals surface area contributed by atoms with Crippen LogP contribution in [-0.4, -0.2) is 0 Å². The lowest BCUT2D eigenvalue weighted by molar-refractivity contribution is 0.669. The molecule has 0 radical (unpaired) electrons. The Kier molecular flexibility index (Phi) is 4.57. The zero-order chi connectivity index (χ0) is 30.0. The summed E-state index contributed by atoms with van der Waals surface area (Å²) in [4.78, 5) is 0. The van der Waals surface area contributed by atoms with Crippen molar-refractivity contribution in [2.24, 2.45) is 0 Å². The molecular weight excluding hydrogens is 556 g/mol. The zero-order valence-corrected chi connectivity index (χ0v) is 24.9. The van der Waals surface area contributed by atoms with Gasteiger partial charge in [0.25, 0.3) is 0 Å². The summed E-state index contributed by atoms with van der Waals surface area (Å²) in [5.41, 5.74) is 14.5. The van der Waals surface area contributed by atoms with Crippen molar-refractivity contribution in [3.05, 3.63) is 180 Å². The Bertz CT molecular complexity index is 2760. The number of benzene rings is 8. The molecule has 1 unspecified atom stereocenters. The monoisotopic (exact) mass is 582 g/mol. The zero-order valence-electron chi connectivity index (χ0n) is 24.9. The van der Waals surface area contributed by atoms with Crippen molar-refractivity contribution >= 4 is 43.5 Å². The minimum Gasteiger partial charge on any atom is -0.456 e. The van der Waals surface area contributed by atoms with Gasteiger partial charge in [-0.2, -0.15) is 0 Å². The summed E-state index contributed by atoms with van der Waals surface area (Å²) in [6, 6.07) is 58.4. The molecule has 0 amide bonds. The van der Waals surface area contributed by atoms with Crippen molar-refractivity contribution in [3.63, 3.8) is 0 Å². The van der Waals surface area contributed by atoms with Crippen LogP contribution in [0.3, 0.4) is 0 Å². The van der Waals surface area contributed by atoms with Gasteiger partial charge in [0.2, 0.25) is 0 Å². The summed E-state index contributed by atoms with van der Waals surface area (Å²) in [7, 11) is 0. The second-order valence-corrected chi connectivity index (χ2v) is 12.8. The summed E-state index contributed by atoms with van der Waals surface area (Å²) >= 11 is 0. The quantitative estimate of drug-likeness (QED) is 0.188. The topological polar surface area (TPSA) is 13.1 Å². The van der Waals surface area contributed by atoms with Crippen molar-refractivity contribution in [2.45, 2.75) is 5.41 Å². The number of rotatable bonds is 1. The van der Waals surface area contributed by atoms with E-state index in [1.165, 1.54) is 82.6 Å². The Hall–Kier alpha value is -5.92. The van der Waals surface area contributed by atoms with E-state index in [9.17, 15) is 0 Å². The lowest BCUT2D eigenvalue weighted by atomic mass is 9.61. The molecule has 11 rings (SSSR count). The van der Waals surface area contributed by atoms with Gasteiger partial charge in [-0.1, -0.05) is 133 Å². The molecule has 0 N–H and O–H groups in total. The fraction of sp³-hybridized carbons (Fsp3) is 0.0222. The first-order chi connectivity index (χ1) is 22.8. The van der Waals surface area contributed by atoms with Gasteiger partial charge in [0, 0.05) is 10.8 Å². The molecule has 2 aliphatic carbocycles. The van der Waals surface area contributed by atoms with Crippen LogP contribution in [0.4, 0.5) is 0 Å². The third kappa shape index (κ3) is 2.91. The van der Waals surface area contributed by atoms with E-state index < -0.39 is 5.41 Å². The lowest BCUT2D eigenvalue weighted by Gasteiger charge is -2.40. The van der Waals surface area contributed by atoms with E-state index in [4.69, 9.17) is 4.42 Å². The van der Waals surface area contributed by atoms with Crippen LogP contribution in [-0.2, 0) is 5.41 Å². The number of hydrogen-bond acceptors (Lipinski definition) is 1. The molecule has 0 aliphatic heterocycles. The predicted molar refractivity (Wildman–Crippen MR) is 190 cm³/mol. The standard InChI is InChI=1S/C45H26O/c1-2-12-31-27(9-1)20-24-42-44(31)36-25-29(21-23-41(36)46-42)30-19-22-34-32-13-3-5-16-37(32)45(40(34)26-30)38-17-6-4-14-33(38)35-15-7-10-28-11-8-18-39(45)43(28)35/h1-26H. The van der Waals surface area contributed by atoms with Crippen molar-refractivity contribution < 1.29 is 4.42 Å². The molecule has 0 saturated heterocycles. The Balaban J connectivity index is 1.23. The van der Waals surface area contributed by atoms with E-state index in [1.54, 1.807) is 0 Å². The first-order valence-electron chi connectivity index (χ1n) is 16.0. The van der Waals surface area contributed by atoms with Crippen LogP contribution < -0.4 is 0 Å². The van der Waals surface area contributed by atoms with Crippen LogP contribution in [0, 0.1) is 0 Å². The van der Waals surface area contributed by atoms with E-state index >= 15 is 0 Å². The normalized spacial score (nSPS) is 15.9. The van der Waals surface area contributed by atoms with Gasteiger partial charge in [0.15, 0.2) is 0 Å². The molecule has 46 heavy (non-hydrogen) atoms. The van der Waals surface area contributed by atoms with E-state index in [1.807, 2.05) is 0 Å². The number of hydrogen-bond donors (Lipinski definition) is 0. The van der Waals surface area contributed by atoms with E-state index in [-0.39, 0.29) is 0 Å². The summed E-state index contributed by atoms with van der Waals surface area (Å²) in [6.45, 7) is 0. The van der Waals surface area contributed by atoms with E-state index in [0.717, 1.165) is 16.6 Å². The molecule has 0 fully saturated rings. The Labute approximate surface area is 266 Å². The van der Waals surface area contributed by atoms with Gasteiger partial charge in [-0.05, 0) is 101 Å². The van der Waals surface area contributed by atoms with Gasteiger partial charge in [-0.15, -0.1) is 0 Å². The molecule has 9 aromatic rings. The average Bonchev–Trinajstić information content (AvgIpc) is 3.64. The minimum atomic E-state index is -0.422. The fourth-order valence-electron chi connectivity index (χ4n) is 8.83. The third-order valence-corrected chi connectivity index (χ3v) is 10.7. The van der Waals surface area contributed by atoms with Gasteiger partial charge < -0.3 is 4.42 Å². The van der Waals surface area contributed by atoms with Crippen LogP contribution in [0.1, 0.15) is 22.3 Å². The maximum Gasteiger partial charge on any atom is 0.136 e. The third-order valence-electron chi connectivity index (χ3n) is 10.7. The maximum absolute atomic E-state index is 6.36. The maximum atomic E-state index is 6.36. The van der Waals surface area contributed by atoms with Gasteiger partial charge >= 0.3 is 0 Å². The molecule has 0 bridgehead atoms. The molecule has 1 aromatic heterocycles. The highest BCUT2D eigenvalue weighted by molar-refractivity contribution is 6.19. The first kappa shape index (κ1) is 24.4. The van der Waals surface area contributed by atoms with Gasteiger partial charge in [0.1, 0.15) is 11.2 Å². The van der Waals surface area contributed by atoms with Gasteiger partial charge in [-0.3, -0.25) is 0 Å². The van der Waals surface area contributed by atoms with Crippen molar-refractivity contribution in [2.75, 3.05) is 0 Å². The van der Waals surface area contributed by atoms with E-state index in [2.05, 4.69) is 158 Å². The SMILES string of the molecule is c1ccc2c(c1)-c1ccc(-c3ccc4oc5ccc6ccccc6c5c4c3)cc1C21c2ccccc2-c2cccc3cccc1c23. The van der Waals surface area contributed by atoms with Crippen molar-refractivity contribution in [1.82, 2.24) is 0 Å². The summed E-state index contributed by atoms with van der Waals surface area (Å²) in [6.07, 6.45) is 0. The van der Waals surface area contributed by atoms with Crippen molar-refractivity contribution in [1.29, 1.82) is 0 Å². The van der Waals surface area contributed by atoms with Crippen LogP contribution in [0.2, 0.25) is 0 Å². The molecule has 1 atom stereocenters. The number of fused-ring (bicyclic) bond motifs is 14. The highest BCUT2D eigenvalue weighted by Crippen LogP contribution is 2.62. The van der Waals surface area contributed by atoms with Crippen LogP contribution in [0.15, 0.2) is 162 Å². The Morgan fingerprint density at radius 3 is 1.83 bits per heavy atom. The molecular formula is C45H26O. The highest BCUT2D eigenvalue weighted by atomic mass is 16.3. The molecule has 1 heterocycles. The predicted octanol–water partition coefficient (Wildman–Crippen LogP) is 11.9. The summed E-state index contributed by atoms with van der Waals surface area (Å²) in [5.74, 6) is 0. The summed E-state index contributed by atoms with van der Waals surface area (Å²) in [5, 5.41) is 7.44. The molecule has 1 nitrogen and oxygen atoms in total.